The molecular weight excluding hydrogens is 386 g/mol. The molecule has 6 heteroatoms. The monoisotopic (exact) mass is 413 g/mol. The summed E-state index contributed by atoms with van der Waals surface area (Å²) in [6, 6.07) is 2.02. The number of cyclic esters (lactones) is 1. The summed E-state index contributed by atoms with van der Waals surface area (Å²) in [5.74, 6) is 0.324. The minimum absolute atomic E-state index is 0.104. The van der Waals surface area contributed by atoms with Gasteiger partial charge in [0.15, 0.2) is 0 Å². The Morgan fingerprint density at radius 2 is 2.28 bits per heavy atom. The number of rotatable bonds is 3. The SMILES string of the molecule is CCOC(=O)c1cc2c(s1)CCC1=C2C=CC(C)([C@H]2CC[C@]3(COC(=O)N3)C2)C1. The van der Waals surface area contributed by atoms with Gasteiger partial charge in [0.05, 0.1) is 12.1 Å². The van der Waals surface area contributed by atoms with Crippen LogP contribution >= 0.6 is 11.3 Å². The fourth-order valence-corrected chi connectivity index (χ4v) is 6.69. The number of hydrogen-bond donors (Lipinski definition) is 1. The third kappa shape index (κ3) is 3.12. The van der Waals surface area contributed by atoms with E-state index in [1.807, 2.05) is 13.0 Å². The van der Waals surface area contributed by atoms with Crippen LogP contribution in [0.3, 0.4) is 0 Å². The van der Waals surface area contributed by atoms with E-state index in [0.717, 1.165) is 38.5 Å². The Morgan fingerprint density at radius 1 is 1.41 bits per heavy atom. The normalized spacial score (nSPS) is 32.8. The molecule has 5 nitrogen and oxygen atoms in total. The third-order valence-corrected chi connectivity index (χ3v) is 8.40. The first-order chi connectivity index (χ1) is 13.9. The number of aryl methyl sites for hydroxylation is 1. The highest BCUT2D eigenvalue weighted by atomic mass is 32.1. The van der Waals surface area contributed by atoms with Gasteiger partial charge in [0.1, 0.15) is 11.5 Å². The van der Waals surface area contributed by atoms with E-state index in [1.165, 1.54) is 21.6 Å². The maximum Gasteiger partial charge on any atom is 0.407 e. The molecule has 1 saturated heterocycles. The second-order valence-electron chi connectivity index (χ2n) is 9.12. The predicted molar refractivity (Wildman–Crippen MR) is 112 cm³/mol. The van der Waals surface area contributed by atoms with Gasteiger partial charge in [0.25, 0.3) is 0 Å². The van der Waals surface area contributed by atoms with Crippen LogP contribution in [0.15, 0.2) is 23.8 Å². The highest BCUT2D eigenvalue weighted by Crippen LogP contribution is 2.53. The van der Waals surface area contributed by atoms with E-state index in [2.05, 4.69) is 24.4 Å². The minimum Gasteiger partial charge on any atom is -0.462 e. The van der Waals surface area contributed by atoms with Gasteiger partial charge in [0.2, 0.25) is 0 Å². The fraction of sp³-hybridized carbons (Fsp3) is 0.565. The lowest BCUT2D eigenvalue weighted by atomic mass is 9.66. The predicted octanol–water partition coefficient (Wildman–Crippen LogP) is 4.87. The molecular formula is C23H27NO4S. The first-order valence-electron chi connectivity index (χ1n) is 10.6. The van der Waals surface area contributed by atoms with Crippen LogP contribution in [0.5, 0.6) is 0 Å². The molecule has 1 unspecified atom stereocenters. The van der Waals surface area contributed by atoms with E-state index in [9.17, 15) is 9.59 Å². The molecule has 1 aromatic heterocycles. The number of amides is 1. The van der Waals surface area contributed by atoms with Gasteiger partial charge in [-0.2, -0.15) is 0 Å². The molecule has 3 atom stereocenters. The number of hydrogen-bond acceptors (Lipinski definition) is 5. The van der Waals surface area contributed by atoms with Gasteiger partial charge in [0, 0.05) is 4.88 Å². The maximum atomic E-state index is 12.2. The molecule has 1 aromatic rings. The summed E-state index contributed by atoms with van der Waals surface area (Å²) >= 11 is 1.58. The van der Waals surface area contributed by atoms with Crippen LogP contribution in [0.1, 0.15) is 66.1 Å². The first kappa shape index (κ1) is 18.9. The van der Waals surface area contributed by atoms with Crippen LogP contribution in [0.2, 0.25) is 0 Å². The second-order valence-corrected chi connectivity index (χ2v) is 10.3. The number of allylic oxidation sites excluding steroid dienone is 4. The summed E-state index contributed by atoms with van der Waals surface area (Å²) in [5.41, 5.74) is 3.98. The molecule has 3 aliphatic carbocycles. The second kappa shape index (κ2) is 6.73. The zero-order chi connectivity index (χ0) is 20.2. The Morgan fingerprint density at radius 3 is 3.03 bits per heavy atom. The zero-order valence-corrected chi connectivity index (χ0v) is 17.8. The largest absolute Gasteiger partial charge is 0.462 e. The van der Waals surface area contributed by atoms with Gasteiger partial charge >= 0.3 is 12.1 Å². The number of nitrogens with one attached hydrogen (secondary N) is 1. The Bertz CT molecular complexity index is 945. The van der Waals surface area contributed by atoms with Gasteiger partial charge in [-0.15, -0.1) is 11.3 Å². The Kier molecular flexibility index (Phi) is 4.39. The van der Waals surface area contributed by atoms with E-state index in [1.54, 1.807) is 11.3 Å². The van der Waals surface area contributed by atoms with Gasteiger partial charge < -0.3 is 14.8 Å². The number of thiophene rings is 1. The van der Waals surface area contributed by atoms with Crippen LogP contribution in [-0.4, -0.2) is 30.8 Å². The highest BCUT2D eigenvalue weighted by Gasteiger charge is 2.50. The van der Waals surface area contributed by atoms with Crippen molar-refractivity contribution in [2.75, 3.05) is 13.2 Å². The van der Waals surface area contributed by atoms with Gasteiger partial charge in [-0.1, -0.05) is 24.6 Å². The van der Waals surface area contributed by atoms with Crippen LogP contribution in [0.4, 0.5) is 4.79 Å². The van der Waals surface area contributed by atoms with Crippen LogP contribution in [0, 0.1) is 11.3 Å². The van der Waals surface area contributed by atoms with Crippen LogP contribution < -0.4 is 5.32 Å². The summed E-state index contributed by atoms with van der Waals surface area (Å²) in [5, 5.41) is 3.07. The third-order valence-electron chi connectivity index (χ3n) is 7.22. The molecule has 1 N–H and O–H groups in total. The molecule has 154 valence electrons. The van der Waals surface area contributed by atoms with Crippen molar-refractivity contribution in [3.05, 3.63) is 39.1 Å². The summed E-state index contributed by atoms with van der Waals surface area (Å²) in [7, 11) is 0. The van der Waals surface area contributed by atoms with E-state index in [0.29, 0.717) is 24.0 Å². The average molecular weight is 414 g/mol. The number of esters is 1. The van der Waals surface area contributed by atoms with E-state index >= 15 is 0 Å². The lowest BCUT2D eigenvalue weighted by molar-refractivity contribution is 0.0532. The van der Waals surface area contributed by atoms with Crippen molar-refractivity contribution in [2.24, 2.45) is 11.3 Å². The number of carbonyl (C=O) groups is 2. The lowest BCUT2D eigenvalue weighted by Crippen LogP contribution is -2.41. The van der Waals surface area contributed by atoms with Crippen molar-refractivity contribution in [3.8, 4) is 0 Å². The quantitative estimate of drug-likeness (QED) is 0.718. The molecule has 4 aliphatic rings. The van der Waals surface area contributed by atoms with Crippen molar-refractivity contribution in [1.82, 2.24) is 5.32 Å². The smallest absolute Gasteiger partial charge is 0.407 e. The van der Waals surface area contributed by atoms with Crippen molar-refractivity contribution >= 4 is 29.0 Å². The summed E-state index contributed by atoms with van der Waals surface area (Å²) in [4.78, 5) is 25.7. The zero-order valence-electron chi connectivity index (χ0n) is 17.0. The molecule has 1 amide bonds. The Labute approximate surface area is 175 Å². The van der Waals surface area contributed by atoms with Crippen molar-refractivity contribution in [3.63, 3.8) is 0 Å². The number of carbonyl (C=O) groups excluding carboxylic acids is 2. The number of fused-ring (bicyclic) bond motifs is 2. The van der Waals surface area contributed by atoms with E-state index in [4.69, 9.17) is 9.47 Å². The molecule has 29 heavy (non-hydrogen) atoms. The molecule has 1 aliphatic heterocycles. The molecule has 1 spiro atoms. The molecule has 0 radical (unpaired) electrons. The highest BCUT2D eigenvalue weighted by molar-refractivity contribution is 7.14. The van der Waals surface area contributed by atoms with Gasteiger partial charge in [-0.3, -0.25) is 0 Å². The fourth-order valence-electron chi connectivity index (χ4n) is 5.63. The van der Waals surface area contributed by atoms with Crippen molar-refractivity contribution in [1.29, 1.82) is 0 Å². The minimum atomic E-state index is -0.269. The van der Waals surface area contributed by atoms with E-state index < -0.39 is 0 Å². The molecule has 1 saturated carbocycles. The number of ether oxygens (including phenoxy) is 2. The Balaban J connectivity index is 1.37. The first-order valence-corrected chi connectivity index (χ1v) is 11.4. The topological polar surface area (TPSA) is 64.6 Å². The van der Waals surface area contributed by atoms with E-state index in [-0.39, 0.29) is 23.0 Å². The maximum absolute atomic E-state index is 12.2. The van der Waals surface area contributed by atoms with Crippen molar-refractivity contribution < 1.29 is 19.1 Å². The summed E-state index contributed by atoms with van der Waals surface area (Å²) in [6.07, 6.45) is 10.6. The average Bonchev–Trinajstić information content (AvgIpc) is 3.41. The summed E-state index contributed by atoms with van der Waals surface area (Å²) < 4.78 is 10.4. The Hall–Kier alpha value is -2.08. The lowest BCUT2D eigenvalue weighted by Gasteiger charge is -2.39. The molecule has 5 rings (SSSR count). The van der Waals surface area contributed by atoms with Crippen LogP contribution in [-0.2, 0) is 15.9 Å². The van der Waals surface area contributed by atoms with Crippen molar-refractivity contribution in [2.45, 2.75) is 57.9 Å². The molecule has 0 aromatic carbocycles. The molecule has 2 fully saturated rings. The van der Waals surface area contributed by atoms with Gasteiger partial charge in [-0.25, -0.2) is 9.59 Å². The number of alkyl carbamates (subject to hydrolysis) is 1. The summed E-state index contributed by atoms with van der Waals surface area (Å²) in [6.45, 7) is 5.11. The molecule has 2 heterocycles. The van der Waals surface area contributed by atoms with Gasteiger partial charge in [-0.05, 0) is 74.0 Å². The molecule has 0 bridgehead atoms. The standard InChI is InChI=1S/C23H27NO4S/c1-3-27-20(25)19-10-17-16-7-8-22(2,11-14(16)4-5-18(17)29-19)15-6-9-23(12-15)13-28-21(26)24-23/h7-8,10,15H,3-6,9,11-13H2,1-2H3,(H,24,26)/t15-,22?,23+/m0/s1. The van der Waals surface area contributed by atoms with Crippen LogP contribution in [0.25, 0.3) is 5.57 Å².